The van der Waals surface area contributed by atoms with E-state index in [0.717, 1.165) is 27.0 Å². The summed E-state index contributed by atoms with van der Waals surface area (Å²) in [5, 5.41) is 2.83. The van der Waals surface area contributed by atoms with Gasteiger partial charge in [0.15, 0.2) is 11.5 Å². The normalized spacial score (nSPS) is 12.6. The van der Waals surface area contributed by atoms with Crippen LogP contribution in [0, 0.1) is 6.92 Å². The third-order valence-electron chi connectivity index (χ3n) is 3.25. The van der Waals surface area contributed by atoms with Crippen LogP contribution < -0.4 is 14.8 Å². The number of aryl methyl sites for hydroxylation is 1. The summed E-state index contributed by atoms with van der Waals surface area (Å²) in [5.41, 5.74) is 2.71. The van der Waals surface area contributed by atoms with Gasteiger partial charge >= 0.3 is 0 Å². The number of ether oxygens (including phenoxy) is 2. The minimum absolute atomic E-state index is 0.181. The molecule has 0 unspecified atom stereocenters. The van der Waals surface area contributed by atoms with Crippen molar-refractivity contribution in [2.24, 2.45) is 0 Å². The van der Waals surface area contributed by atoms with E-state index in [4.69, 9.17) is 9.47 Å². The summed E-state index contributed by atoms with van der Waals surface area (Å²) >= 11 is 3.43. The van der Waals surface area contributed by atoms with E-state index >= 15 is 0 Å². The van der Waals surface area contributed by atoms with E-state index in [0.29, 0.717) is 5.75 Å². The second-order valence-corrected chi connectivity index (χ2v) is 5.75. The van der Waals surface area contributed by atoms with Crippen LogP contribution in [0.4, 0.5) is 5.69 Å². The molecule has 0 atom stereocenters. The third-order valence-corrected chi connectivity index (χ3v) is 4.14. The van der Waals surface area contributed by atoms with Gasteiger partial charge in [0.05, 0.1) is 0 Å². The number of fused-ring (bicyclic) bond motifs is 1. The minimum atomic E-state index is -0.181. The Labute approximate surface area is 136 Å². The zero-order chi connectivity index (χ0) is 15.5. The smallest absolute Gasteiger partial charge is 0.248 e. The third kappa shape index (κ3) is 3.31. The summed E-state index contributed by atoms with van der Waals surface area (Å²) in [6, 6.07) is 11.2. The zero-order valence-corrected chi connectivity index (χ0v) is 13.5. The SMILES string of the molecule is Cc1cc(NC(=O)/C=C/c2ccc3c(c2)OCO3)ccc1Br. The average Bonchev–Trinajstić information content (AvgIpc) is 2.96. The van der Waals surface area contributed by atoms with Crippen LogP contribution in [-0.2, 0) is 4.79 Å². The first-order chi connectivity index (χ1) is 10.6. The molecule has 2 aromatic carbocycles. The van der Waals surface area contributed by atoms with Crippen LogP contribution in [0.15, 0.2) is 46.9 Å². The molecule has 112 valence electrons. The summed E-state index contributed by atoms with van der Waals surface area (Å²) in [6.45, 7) is 2.22. The van der Waals surface area contributed by atoms with Crippen molar-refractivity contribution in [1.82, 2.24) is 0 Å². The summed E-state index contributed by atoms with van der Waals surface area (Å²) in [7, 11) is 0. The van der Waals surface area contributed by atoms with Gasteiger partial charge in [-0.15, -0.1) is 0 Å². The van der Waals surface area contributed by atoms with Crippen molar-refractivity contribution in [3.05, 3.63) is 58.1 Å². The van der Waals surface area contributed by atoms with Gasteiger partial charge < -0.3 is 14.8 Å². The van der Waals surface area contributed by atoms with E-state index < -0.39 is 0 Å². The lowest BCUT2D eigenvalue weighted by molar-refractivity contribution is -0.111. The molecule has 4 nitrogen and oxygen atoms in total. The maximum atomic E-state index is 12.0. The number of rotatable bonds is 3. The van der Waals surface area contributed by atoms with Gasteiger partial charge in [0.25, 0.3) is 0 Å². The van der Waals surface area contributed by atoms with E-state index in [1.54, 1.807) is 6.08 Å². The highest BCUT2D eigenvalue weighted by molar-refractivity contribution is 9.10. The van der Waals surface area contributed by atoms with Crippen molar-refractivity contribution in [2.45, 2.75) is 6.92 Å². The summed E-state index contributed by atoms with van der Waals surface area (Å²) < 4.78 is 11.6. The van der Waals surface area contributed by atoms with E-state index in [2.05, 4.69) is 21.2 Å². The Morgan fingerprint density at radius 1 is 1.18 bits per heavy atom. The molecule has 1 aliphatic rings. The number of hydrogen-bond donors (Lipinski definition) is 1. The highest BCUT2D eigenvalue weighted by Gasteiger charge is 2.12. The van der Waals surface area contributed by atoms with Crippen LogP contribution in [0.3, 0.4) is 0 Å². The maximum Gasteiger partial charge on any atom is 0.248 e. The standard InChI is InChI=1S/C17H14BrNO3/c1-11-8-13(4-5-14(11)18)19-17(20)7-3-12-2-6-15-16(9-12)22-10-21-15/h2-9H,10H2,1H3,(H,19,20)/b7-3+. The number of nitrogens with one attached hydrogen (secondary N) is 1. The quantitative estimate of drug-likeness (QED) is 0.837. The van der Waals surface area contributed by atoms with Gasteiger partial charge in [-0.3, -0.25) is 4.79 Å². The van der Waals surface area contributed by atoms with Gasteiger partial charge in [-0.2, -0.15) is 0 Å². The molecule has 0 aromatic heterocycles. The second-order valence-electron chi connectivity index (χ2n) is 4.90. The number of halogens is 1. The predicted octanol–water partition coefficient (Wildman–Crippen LogP) is 4.14. The van der Waals surface area contributed by atoms with E-state index in [9.17, 15) is 4.79 Å². The van der Waals surface area contributed by atoms with E-state index in [1.807, 2.05) is 43.3 Å². The molecule has 0 spiro atoms. The molecule has 3 rings (SSSR count). The first-order valence-electron chi connectivity index (χ1n) is 6.77. The van der Waals surface area contributed by atoms with Crippen molar-refractivity contribution in [1.29, 1.82) is 0 Å². The van der Waals surface area contributed by atoms with Crippen LogP contribution in [-0.4, -0.2) is 12.7 Å². The topological polar surface area (TPSA) is 47.6 Å². The number of carbonyl (C=O) groups is 1. The fourth-order valence-electron chi connectivity index (χ4n) is 2.10. The molecular weight excluding hydrogens is 346 g/mol. The highest BCUT2D eigenvalue weighted by atomic mass is 79.9. The number of hydrogen-bond acceptors (Lipinski definition) is 3. The zero-order valence-electron chi connectivity index (χ0n) is 11.9. The second kappa shape index (κ2) is 6.23. The fourth-order valence-corrected chi connectivity index (χ4v) is 2.34. The minimum Gasteiger partial charge on any atom is -0.454 e. The fraction of sp³-hybridized carbons (Fsp3) is 0.118. The van der Waals surface area contributed by atoms with Gasteiger partial charge in [-0.1, -0.05) is 22.0 Å². The van der Waals surface area contributed by atoms with Gasteiger partial charge in [0.2, 0.25) is 12.7 Å². The van der Waals surface area contributed by atoms with Gasteiger partial charge in [-0.05, 0) is 54.5 Å². The molecule has 2 aromatic rings. The van der Waals surface area contributed by atoms with Crippen molar-refractivity contribution in [3.8, 4) is 11.5 Å². The number of amides is 1. The van der Waals surface area contributed by atoms with Gasteiger partial charge in [0.1, 0.15) is 0 Å². The molecule has 0 aliphatic carbocycles. The molecule has 22 heavy (non-hydrogen) atoms. The molecule has 1 aliphatic heterocycles. The molecule has 1 heterocycles. The van der Waals surface area contributed by atoms with Crippen LogP contribution in [0.2, 0.25) is 0 Å². The number of carbonyl (C=O) groups excluding carboxylic acids is 1. The Morgan fingerprint density at radius 2 is 2.00 bits per heavy atom. The Hall–Kier alpha value is -2.27. The van der Waals surface area contributed by atoms with Gasteiger partial charge in [0, 0.05) is 16.2 Å². The first kappa shape index (κ1) is 14.7. The number of anilines is 1. The van der Waals surface area contributed by atoms with Crippen LogP contribution >= 0.6 is 15.9 Å². The molecule has 0 saturated heterocycles. The van der Waals surface area contributed by atoms with Gasteiger partial charge in [-0.25, -0.2) is 0 Å². The highest BCUT2D eigenvalue weighted by Crippen LogP contribution is 2.32. The lowest BCUT2D eigenvalue weighted by Crippen LogP contribution is -2.07. The lowest BCUT2D eigenvalue weighted by Gasteiger charge is -2.04. The van der Waals surface area contributed by atoms with Crippen molar-refractivity contribution in [3.63, 3.8) is 0 Å². The van der Waals surface area contributed by atoms with E-state index in [1.165, 1.54) is 6.08 Å². The number of benzene rings is 2. The van der Waals surface area contributed by atoms with Crippen LogP contribution in [0.1, 0.15) is 11.1 Å². The summed E-state index contributed by atoms with van der Waals surface area (Å²) in [6.07, 6.45) is 3.23. The van der Waals surface area contributed by atoms with Crippen molar-refractivity contribution >= 4 is 33.6 Å². The summed E-state index contributed by atoms with van der Waals surface area (Å²) in [5.74, 6) is 1.25. The predicted molar refractivity (Wildman–Crippen MR) is 89.1 cm³/mol. The Bertz CT molecular complexity index is 756. The Morgan fingerprint density at radius 3 is 2.82 bits per heavy atom. The maximum absolute atomic E-state index is 12.0. The lowest BCUT2D eigenvalue weighted by atomic mass is 10.2. The molecule has 5 heteroatoms. The summed E-state index contributed by atoms with van der Waals surface area (Å²) in [4.78, 5) is 12.0. The molecule has 0 fully saturated rings. The van der Waals surface area contributed by atoms with E-state index in [-0.39, 0.29) is 12.7 Å². The van der Waals surface area contributed by atoms with Crippen molar-refractivity contribution in [2.75, 3.05) is 12.1 Å². The van der Waals surface area contributed by atoms with Crippen molar-refractivity contribution < 1.29 is 14.3 Å². The molecule has 0 bridgehead atoms. The average molecular weight is 360 g/mol. The molecule has 0 radical (unpaired) electrons. The largest absolute Gasteiger partial charge is 0.454 e. The Balaban J connectivity index is 1.67. The first-order valence-corrected chi connectivity index (χ1v) is 7.56. The Kier molecular flexibility index (Phi) is 4.15. The molecule has 0 saturated carbocycles. The molecule has 1 N–H and O–H groups in total. The van der Waals surface area contributed by atoms with Crippen LogP contribution in [0.5, 0.6) is 11.5 Å². The monoisotopic (exact) mass is 359 g/mol. The molecular formula is C17H14BrNO3. The van der Waals surface area contributed by atoms with Crippen LogP contribution in [0.25, 0.3) is 6.08 Å². The molecule has 1 amide bonds.